The van der Waals surface area contributed by atoms with Crippen molar-refractivity contribution in [3.8, 4) is 0 Å². The van der Waals surface area contributed by atoms with Crippen LogP contribution in [0.2, 0.25) is 0 Å². The second kappa shape index (κ2) is 6.32. The smallest absolute Gasteiger partial charge is 0.405 e. The second-order valence-electron chi connectivity index (χ2n) is 8.18. The molecule has 2 atom stereocenters. The lowest BCUT2D eigenvalue weighted by atomic mass is 9.74. The minimum atomic E-state index is -0.787. The molecule has 1 aliphatic carbocycles. The van der Waals surface area contributed by atoms with Gasteiger partial charge in [-0.3, -0.25) is 4.90 Å². The van der Waals surface area contributed by atoms with Gasteiger partial charge in [0.25, 0.3) is 0 Å². The van der Waals surface area contributed by atoms with E-state index in [1.165, 1.54) is 11.1 Å². The molecule has 5 nitrogen and oxygen atoms in total. The van der Waals surface area contributed by atoms with Gasteiger partial charge >= 0.3 is 6.09 Å². The molecule has 0 spiro atoms. The third-order valence-electron chi connectivity index (χ3n) is 5.80. The predicted octanol–water partition coefficient (Wildman–Crippen LogP) is 2.85. The van der Waals surface area contributed by atoms with Crippen LogP contribution in [0.15, 0.2) is 29.8 Å². The molecule has 0 radical (unpaired) electrons. The van der Waals surface area contributed by atoms with Crippen LogP contribution < -0.4 is 5.73 Å². The number of nitrogens with zero attached hydrogens (tertiary/aromatic N) is 1. The Kier molecular flexibility index (Phi) is 4.48. The number of nitrogens with two attached hydrogens (primary N) is 1. The van der Waals surface area contributed by atoms with E-state index in [0.29, 0.717) is 18.4 Å². The predicted molar refractivity (Wildman–Crippen MR) is 95.6 cm³/mol. The van der Waals surface area contributed by atoms with E-state index in [0.717, 1.165) is 19.5 Å². The summed E-state index contributed by atoms with van der Waals surface area (Å²) in [6.45, 7) is 7.73. The molecule has 134 valence electrons. The summed E-state index contributed by atoms with van der Waals surface area (Å²) in [4.78, 5) is 25.5. The molecule has 1 aliphatic heterocycles. The Morgan fingerprint density at radius 1 is 1.32 bits per heavy atom. The van der Waals surface area contributed by atoms with Crippen LogP contribution >= 0.6 is 0 Å². The van der Waals surface area contributed by atoms with Gasteiger partial charge in [-0.15, -0.1) is 0 Å². The minimum absolute atomic E-state index is 0.0653. The minimum Gasteiger partial charge on any atom is -0.442 e. The van der Waals surface area contributed by atoms with Gasteiger partial charge in [-0.1, -0.05) is 45.0 Å². The number of carbonyl (C=O) groups excluding carboxylic acids is 2. The molecule has 1 aromatic carbocycles. The van der Waals surface area contributed by atoms with Gasteiger partial charge in [0.2, 0.25) is 0 Å². The number of amides is 1. The maximum atomic E-state index is 11.6. The number of benzene rings is 1. The van der Waals surface area contributed by atoms with Crippen molar-refractivity contribution in [2.45, 2.75) is 58.2 Å². The number of primary amides is 1. The first-order valence-corrected chi connectivity index (χ1v) is 8.79. The van der Waals surface area contributed by atoms with Crippen LogP contribution in [0.5, 0.6) is 0 Å². The zero-order chi connectivity index (χ0) is 18.2. The van der Waals surface area contributed by atoms with Gasteiger partial charge < -0.3 is 10.5 Å². The number of ether oxygens (including phenoxy) is 1. The average Bonchev–Trinajstić information content (AvgIpc) is 2.93. The van der Waals surface area contributed by atoms with Gasteiger partial charge in [-0.25, -0.2) is 9.59 Å². The maximum Gasteiger partial charge on any atom is 0.405 e. The van der Waals surface area contributed by atoms with Crippen LogP contribution in [0.25, 0.3) is 0 Å². The highest BCUT2D eigenvalue weighted by Gasteiger charge is 2.54. The number of carbonyl (C=O) groups is 1. The summed E-state index contributed by atoms with van der Waals surface area (Å²) in [6, 6.07) is 8.34. The van der Waals surface area contributed by atoms with Crippen molar-refractivity contribution in [1.82, 2.24) is 4.90 Å². The first-order chi connectivity index (χ1) is 11.8. The second-order valence-corrected chi connectivity index (χ2v) is 8.18. The number of rotatable bonds is 2. The summed E-state index contributed by atoms with van der Waals surface area (Å²) in [7, 11) is 0. The van der Waals surface area contributed by atoms with E-state index in [1.54, 1.807) is 0 Å². The van der Waals surface area contributed by atoms with Crippen LogP contribution in [-0.2, 0) is 22.5 Å². The lowest BCUT2D eigenvalue weighted by Gasteiger charge is -2.41. The molecule has 3 rings (SSSR count). The molecule has 1 amide bonds. The molecule has 1 fully saturated rings. The van der Waals surface area contributed by atoms with Gasteiger partial charge in [-0.2, -0.15) is 0 Å². The Morgan fingerprint density at radius 2 is 2.00 bits per heavy atom. The molecule has 2 unspecified atom stereocenters. The highest BCUT2D eigenvalue weighted by atomic mass is 16.6. The lowest BCUT2D eigenvalue weighted by molar-refractivity contribution is -0.0635. The van der Waals surface area contributed by atoms with E-state index >= 15 is 0 Å². The Morgan fingerprint density at radius 3 is 2.60 bits per heavy atom. The first kappa shape index (κ1) is 17.7. The number of hydrogen-bond acceptors (Lipinski definition) is 4. The Hall–Kier alpha value is -2.10. The molecule has 0 saturated heterocycles. The monoisotopic (exact) mass is 342 g/mol. The van der Waals surface area contributed by atoms with Gasteiger partial charge in [0, 0.05) is 43.0 Å². The standard InChI is InChI=1S/C20H26N2O3/c1-19(2,3)20(25-18(21)24)10-16(13-23)17(11-20)22-9-8-14-6-4-5-7-15(14)12-22/h4-7,17H,8-12H2,1-3H3,(H2,21,24). The maximum absolute atomic E-state index is 11.6. The molecule has 5 heteroatoms. The zero-order valence-corrected chi connectivity index (χ0v) is 15.2. The van der Waals surface area contributed by atoms with E-state index in [1.807, 2.05) is 26.8 Å². The lowest BCUT2D eigenvalue weighted by Crippen LogP contribution is -2.48. The number of hydrogen-bond donors (Lipinski definition) is 1. The molecule has 0 bridgehead atoms. The van der Waals surface area contributed by atoms with Gasteiger partial charge in [0.05, 0.1) is 0 Å². The van der Waals surface area contributed by atoms with Gasteiger partial charge in [0.1, 0.15) is 11.5 Å². The van der Waals surface area contributed by atoms with Crippen LogP contribution in [0.3, 0.4) is 0 Å². The number of fused-ring (bicyclic) bond motifs is 1. The summed E-state index contributed by atoms with van der Waals surface area (Å²) >= 11 is 0. The molecular weight excluding hydrogens is 316 g/mol. The summed E-state index contributed by atoms with van der Waals surface area (Å²) < 4.78 is 5.60. The van der Waals surface area contributed by atoms with Gasteiger partial charge in [-0.05, 0) is 17.5 Å². The van der Waals surface area contributed by atoms with E-state index < -0.39 is 11.7 Å². The van der Waals surface area contributed by atoms with Crippen LogP contribution in [0, 0.1) is 5.41 Å². The highest BCUT2D eigenvalue weighted by Crippen LogP contribution is 2.49. The molecule has 2 aliphatic rings. The van der Waals surface area contributed by atoms with Crippen molar-refractivity contribution in [2.24, 2.45) is 11.1 Å². The molecule has 25 heavy (non-hydrogen) atoms. The highest BCUT2D eigenvalue weighted by molar-refractivity contribution is 5.66. The van der Waals surface area contributed by atoms with Crippen molar-refractivity contribution < 1.29 is 14.3 Å². The third kappa shape index (κ3) is 3.22. The van der Waals surface area contributed by atoms with Crippen molar-refractivity contribution in [1.29, 1.82) is 0 Å². The largest absolute Gasteiger partial charge is 0.442 e. The fourth-order valence-corrected chi connectivity index (χ4v) is 4.17. The Balaban J connectivity index is 1.90. The molecule has 0 aromatic heterocycles. The SMILES string of the molecule is CC(C)(C)C1(OC(N)=O)CC(=C=O)C(N2CCc3ccccc3C2)C1. The van der Waals surface area contributed by atoms with E-state index in [2.05, 4.69) is 29.0 Å². The quantitative estimate of drug-likeness (QED) is 0.839. The van der Waals surface area contributed by atoms with Gasteiger partial charge in [0.15, 0.2) is 0 Å². The van der Waals surface area contributed by atoms with Crippen LogP contribution in [-0.4, -0.2) is 35.1 Å². The Labute approximate surface area is 148 Å². The molecule has 2 N–H and O–H groups in total. The average molecular weight is 342 g/mol. The summed E-state index contributed by atoms with van der Waals surface area (Å²) in [5.41, 5.74) is 7.58. The van der Waals surface area contributed by atoms with E-state index in [-0.39, 0.29) is 11.5 Å². The van der Waals surface area contributed by atoms with Crippen molar-refractivity contribution in [3.05, 3.63) is 41.0 Å². The van der Waals surface area contributed by atoms with Crippen molar-refractivity contribution in [2.75, 3.05) is 6.54 Å². The van der Waals surface area contributed by atoms with Crippen LogP contribution in [0.4, 0.5) is 4.79 Å². The molecule has 1 heterocycles. The normalized spacial score (nSPS) is 26.8. The summed E-state index contributed by atoms with van der Waals surface area (Å²) in [6.07, 6.45) is 1.14. The topological polar surface area (TPSA) is 72.6 Å². The molecule has 1 saturated carbocycles. The van der Waals surface area contributed by atoms with E-state index in [9.17, 15) is 9.59 Å². The fraction of sp³-hybridized carbons (Fsp3) is 0.550. The zero-order valence-electron chi connectivity index (χ0n) is 15.2. The summed E-state index contributed by atoms with van der Waals surface area (Å²) in [5, 5.41) is 0. The fourth-order valence-electron chi connectivity index (χ4n) is 4.17. The summed E-state index contributed by atoms with van der Waals surface area (Å²) in [5.74, 6) is 2.13. The first-order valence-electron chi connectivity index (χ1n) is 8.79. The third-order valence-corrected chi connectivity index (χ3v) is 5.80. The molecular formula is C20H26N2O3. The van der Waals surface area contributed by atoms with Crippen LogP contribution in [0.1, 0.15) is 44.7 Å². The molecule has 1 aromatic rings. The Bertz CT molecular complexity index is 731. The van der Waals surface area contributed by atoms with Crippen molar-refractivity contribution in [3.63, 3.8) is 0 Å². The van der Waals surface area contributed by atoms with Crippen molar-refractivity contribution >= 4 is 12.0 Å². The van der Waals surface area contributed by atoms with E-state index in [4.69, 9.17) is 10.5 Å².